The van der Waals surface area contributed by atoms with Gasteiger partial charge in [0.1, 0.15) is 6.07 Å². The van der Waals surface area contributed by atoms with Crippen LogP contribution in [0.2, 0.25) is 0 Å². The summed E-state index contributed by atoms with van der Waals surface area (Å²) in [5, 5.41) is 9.26. The van der Waals surface area contributed by atoms with Crippen LogP contribution in [0.3, 0.4) is 0 Å². The summed E-state index contributed by atoms with van der Waals surface area (Å²) in [5.74, 6) is 0.333. The maximum absolute atomic E-state index is 12.4. The Morgan fingerprint density at radius 2 is 2.10 bits per heavy atom. The molecule has 0 saturated carbocycles. The van der Waals surface area contributed by atoms with E-state index in [2.05, 4.69) is 17.9 Å². The first-order valence-corrected chi connectivity index (χ1v) is 7.38. The molecule has 0 radical (unpaired) electrons. The highest BCUT2D eigenvalue weighted by Gasteiger charge is 2.54. The van der Waals surface area contributed by atoms with E-state index >= 15 is 0 Å². The Labute approximate surface area is 120 Å². The first-order chi connectivity index (χ1) is 9.38. The number of ether oxygens (including phenoxy) is 1. The van der Waals surface area contributed by atoms with Crippen molar-refractivity contribution >= 4 is 5.78 Å². The van der Waals surface area contributed by atoms with Gasteiger partial charge in [-0.05, 0) is 18.9 Å². The first kappa shape index (κ1) is 13.8. The Bertz CT molecular complexity index is 513. The summed E-state index contributed by atoms with van der Waals surface area (Å²) in [5.41, 5.74) is -0.173. The van der Waals surface area contributed by atoms with Crippen LogP contribution in [0, 0.1) is 28.1 Å². The molecule has 2 heterocycles. The Kier molecular flexibility index (Phi) is 3.04. The number of piperidine rings is 1. The van der Waals surface area contributed by atoms with Crippen LogP contribution in [0.5, 0.6) is 0 Å². The van der Waals surface area contributed by atoms with Gasteiger partial charge in [-0.15, -0.1) is 0 Å². The van der Waals surface area contributed by atoms with Gasteiger partial charge in [-0.3, -0.25) is 9.69 Å². The van der Waals surface area contributed by atoms with Gasteiger partial charge in [0, 0.05) is 17.4 Å². The molecule has 4 nitrogen and oxygen atoms in total. The van der Waals surface area contributed by atoms with Gasteiger partial charge >= 0.3 is 0 Å². The predicted octanol–water partition coefficient (Wildman–Crippen LogP) is 1.77. The molecule has 0 aromatic rings. The van der Waals surface area contributed by atoms with Crippen LogP contribution >= 0.6 is 0 Å². The highest BCUT2D eigenvalue weighted by molar-refractivity contribution is 6.04. The lowest BCUT2D eigenvalue weighted by Crippen LogP contribution is -2.60. The third kappa shape index (κ3) is 1.84. The van der Waals surface area contributed by atoms with E-state index in [1.807, 2.05) is 19.9 Å². The van der Waals surface area contributed by atoms with Gasteiger partial charge < -0.3 is 4.74 Å². The van der Waals surface area contributed by atoms with E-state index in [1.54, 1.807) is 0 Å². The zero-order valence-corrected chi connectivity index (χ0v) is 12.5. The molecule has 0 aromatic carbocycles. The molecule has 2 saturated heterocycles. The smallest absolute Gasteiger partial charge is 0.178 e. The molecule has 20 heavy (non-hydrogen) atoms. The monoisotopic (exact) mass is 274 g/mol. The molecular weight excluding hydrogens is 252 g/mol. The molecule has 2 fully saturated rings. The van der Waals surface area contributed by atoms with Crippen molar-refractivity contribution in [1.82, 2.24) is 4.90 Å². The Balaban J connectivity index is 1.94. The van der Waals surface area contributed by atoms with E-state index < -0.39 is 5.41 Å². The molecule has 0 aromatic heterocycles. The number of likely N-dealkylation sites (tertiary alicyclic amines) is 1. The van der Waals surface area contributed by atoms with Gasteiger partial charge in [-0.2, -0.15) is 5.26 Å². The number of carbonyl (C=O) groups is 1. The maximum atomic E-state index is 12.4. The van der Waals surface area contributed by atoms with Crippen LogP contribution in [0.4, 0.5) is 0 Å². The van der Waals surface area contributed by atoms with Crippen molar-refractivity contribution in [1.29, 1.82) is 5.26 Å². The molecule has 0 N–H and O–H groups in total. The van der Waals surface area contributed by atoms with Crippen molar-refractivity contribution in [2.75, 3.05) is 26.3 Å². The molecule has 0 amide bonds. The van der Waals surface area contributed by atoms with Crippen molar-refractivity contribution in [3.05, 3.63) is 11.6 Å². The fraction of sp³-hybridized carbons (Fsp3) is 0.750. The van der Waals surface area contributed by atoms with Crippen LogP contribution in [-0.2, 0) is 9.53 Å². The normalized spacial score (nSPS) is 37.6. The fourth-order valence-corrected chi connectivity index (χ4v) is 4.31. The minimum absolute atomic E-state index is 0.0166. The summed E-state index contributed by atoms with van der Waals surface area (Å²) < 4.78 is 5.29. The average molecular weight is 274 g/mol. The maximum Gasteiger partial charge on any atom is 0.178 e. The van der Waals surface area contributed by atoms with E-state index in [4.69, 9.17) is 4.74 Å². The van der Waals surface area contributed by atoms with Crippen LogP contribution in [-0.4, -0.2) is 43.0 Å². The van der Waals surface area contributed by atoms with Gasteiger partial charge in [-0.25, -0.2) is 0 Å². The molecule has 0 unspecified atom stereocenters. The number of nitriles is 1. The molecular formula is C16H22N2O2. The van der Waals surface area contributed by atoms with E-state index in [9.17, 15) is 10.1 Å². The highest BCUT2D eigenvalue weighted by atomic mass is 16.5. The highest BCUT2D eigenvalue weighted by Crippen LogP contribution is 2.52. The van der Waals surface area contributed by atoms with Crippen LogP contribution in [0.1, 0.15) is 27.2 Å². The summed E-state index contributed by atoms with van der Waals surface area (Å²) in [6.07, 6.45) is 2.96. The number of allylic oxidation sites excluding steroid dienone is 1. The largest absolute Gasteiger partial charge is 0.378 e. The van der Waals surface area contributed by atoms with Gasteiger partial charge in [0.25, 0.3) is 0 Å². The molecule has 1 aliphatic carbocycles. The van der Waals surface area contributed by atoms with Gasteiger partial charge in [0.15, 0.2) is 5.78 Å². The minimum atomic E-state index is -0.434. The predicted molar refractivity (Wildman–Crippen MR) is 74.9 cm³/mol. The summed E-state index contributed by atoms with van der Waals surface area (Å²) in [6, 6.07) is 2.63. The van der Waals surface area contributed by atoms with Crippen molar-refractivity contribution in [3.63, 3.8) is 0 Å². The third-order valence-corrected chi connectivity index (χ3v) is 5.48. The van der Waals surface area contributed by atoms with E-state index in [0.717, 1.165) is 32.7 Å². The van der Waals surface area contributed by atoms with Crippen LogP contribution in [0.25, 0.3) is 0 Å². The summed E-state index contributed by atoms with van der Waals surface area (Å²) in [4.78, 5) is 14.9. The average Bonchev–Trinajstić information content (AvgIpc) is 2.31. The van der Waals surface area contributed by atoms with Gasteiger partial charge in [0.2, 0.25) is 0 Å². The molecule has 3 aliphatic rings. The molecule has 108 valence electrons. The second kappa shape index (κ2) is 4.41. The number of hydrogen-bond donors (Lipinski definition) is 0. The quantitative estimate of drug-likeness (QED) is 0.731. The van der Waals surface area contributed by atoms with E-state index in [-0.39, 0.29) is 11.2 Å². The first-order valence-electron chi connectivity index (χ1n) is 7.38. The topological polar surface area (TPSA) is 53.3 Å². The lowest BCUT2D eigenvalue weighted by atomic mass is 9.55. The van der Waals surface area contributed by atoms with Crippen LogP contribution in [0.15, 0.2) is 11.6 Å². The van der Waals surface area contributed by atoms with Crippen molar-refractivity contribution < 1.29 is 9.53 Å². The summed E-state index contributed by atoms with van der Waals surface area (Å²) in [6.45, 7) is 9.80. The van der Waals surface area contributed by atoms with Crippen LogP contribution < -0.4 is 0 Å². The number of fused-ring (bicyclic) bond motifs is 1. The molecule has 3 rings (SSSR count). The number of carbonyl (C=O) groups excluding carboxylic acids is 1. The summed E-state index contributed by atoms with van der Waals surface area (Å²) in [7, 11) is 0. The standard InChI is InChI=1S/C16H22N2O2/c1-15(2)13-4-5-18(12-8-20-9-12)10-16(13,3)6-11(7-17)14(15)19/h6,12-13H,4-5,8-10H2,1-3H3/t13-,16+/m0/s1. The third-order valence-electron chi connectivity index (χ3n) is 5.48. The van der Waals surface area contributed by atoms with Crippen molar-refractivity contribution in [2.45, 2.75) is 33.2 Å². The second-order valence-corrected chi connectivity index (χ2v) is 7.23. The Morgan fingerprint density at radius 1 is 1.40 bits per heavy atom. The van der Waals surface area contributed by atoms with E-state index in [0.29, 0.717) is 17.5 Å². The number of ketones is 1. The van der Waals surface area contributed by atoms with Crippen molar-refractivity contribution in [3.8, 4) is 6.07 Å². The molecule has 0 spiro atoms. The number of nitrogens with zero attached hydrogens (tertiary/aromatic N) is 2. The van der Waals surface area contributed by atoms with E-state index in [1.165, 1.54) is 0 Å². The Hall–Kier alpha value is -1.18. The molecule has 0 bridgehead atoms. The number of Topliss-reactive ketones (excluding diaryl/α,β-unsaturated/α-hetero) is 1. The van der Waals surface area contributed by atoms with Crippen molar-refractivity contribution in [2.24, 2.45) is 16.7 Å². The molecule has 4 heteroatoms. The zero-order valence-electron chi connectivity index (χ0n) is 12.5. The minimum Gasteiger partial charge on any atom is -0.378 e. The molecule has 2 atom stereocenters. The van der Waals surface area contributed by atoms with Gasteiger partial charge in [0.05, 0.1) is 24.8 Å². The number of hydrogen-bond acceptors (Lipinski definition) is 4. The Morgan fingerprint density at radius 3 is 2.65 bits per heavy atom. The molecule has 2 aliphatic heterocycles. The lowest BCUT2D eigenvalue weighted by molar-refractivity contribution is -0.137. The SMILES string of the molecule is CC1(C)C(=O)C(C#N)=C[C@]2(C)CN(C3COC3)CC[C@@H]12. The lowest BCUT2D eigenvalue weighted by Gasteiger charge is -2.55. The zero-order chi connectivity index (χ0) is 14.5. The number of rotatable bonds is 1. The van der Waals surface area contributed by atoms with Gasteiger partial charge in [-0.1, -0.05) is 26.8 Å². The summed E-state index contributed by atoms with van der Waals surface area (Å²) >= 11 is 0. The fourth-order valence-electron chi connectivity index (χ4n) is 4.31. The second-order valence-electron chi connectivity index (χ2n) is 7.23.